The molecule has 0 radical (unpaired) electrons. The van der Waals surface area contributed by atoms with Crippen molar-refractivity contribution in [1.29, 1.82) is 0 Å². The zero-order chi connectivity index (χ0) is 95.7. The Labute approximate surface area is 774 Å². The van der Waals surface area contributed by atoms with Crippen LogP contribution in [0.2, 0.25) is 10.0 Å². The molecule has 23 N–H and O–H groups in total. The predicted octanol–water partition coefficient (Wildman–Crippen LogP) is 3.25. The number of halogens is 2. The van der Waals surface area contributed by atoms with E-state index >= 15 is 28.8 Å². The van der Waals surface area contributed by atoms with Crippen LogP contribution >= 0.6 is 23.2 Å². The van der Waals surface area contributed by atoms with Crippen LogP contribution in [0.25, 0.3) is 11.1 Å². The number of nitrogens with two attached hydrogens (primary N) is 1. The molecule has 43 heteroatoms. The number of nitrogens with one attached hydrogen (secondary N) is 12. The van der Waals surface area contributed by atoms with Crippen LogP contribution < -0.4 is 87.9 Å². The number of methoxy groups -OCH3 is 1. The van der Waals surface area contributed by atoms with E-state index in [1.165, 1.54) is 70.5 Å². The Morgan fingerprint density at radius 2 is 1.30 bits per heavy atom. The number of phenolic OH excluding ortho intramolecular Hbond substituents is 3. The number of unbranched alkanes of at least 4 members (excludes halogenated alkanes) is 1. The maximum Gasteiger partial charge on any atom is 0.325 e. The molecule has 4 saturated carbocycles. The number of sulfonamides is 1. The number of carbonyl (C=O) groups excluding carboxylic acids is 9. The third kappa shape index (κ3) is 22.2. The van der Waals surface area contributed by atoms with Crippen LogP contribution in [-0.4, -0.2) is 233 Å². The van der Waals surface area contributed by atoms with E-state index in [1.54, 1.807) is 0 Å². The lowest BCUT2D eigenvalue weighted by molar-refractivity contribution is -0.333. The molecular weight excluding hydrogens is 1800 g/mol. The molecule has 7 aliphatic heterocycles. The second kappa shape index (κ2) is 41.2. The van der Waals surface area contributed by atoms with Gasteiger partial charge in [0.2, 0.25) is 69.3 Å². The van der Waals surface area contributed by atoms with Gasteiger partial charge in [-0.05, 0) is 215 Å². The van der Waals surface area contributed by atoms with Crippen LogP contribution in [0.1, 0.15) is 156 Å². The van der Waals surface area contributed by atoms with Gasteiger partial charge >= 0.3 is 6.03 Å². The van der Waals surface area contributed by atoms with Crippen LogP contribution in [0, 0.1) is 29.6 Å². The third-order valence-corrected chi connectivity index (χ3v) is 27.0. The Hall–Kier alpha value is -10.8. The van der Waals surface area contributed by atoms with Crippen molar-refractivity contribution in [3.8, 4) is 62.9 Å². The minimum absolute atomic E-state index is 0.00294. The average molecular weight is 1910 g/mol. The van der Waals surface area contributed by atoms with Gasteiger partial charge < -0.3 is 138 Å². The number of phenols is 3. The number of hydrogen-bond donors (Lipinski definition) is 22. The number of rotatable bonds is 24. The Morgan fingerprint density at radius 3 is 1.91 bits per heavy atom. The molecule has 6 aromatic carbocycles. The summed E-state index contributed by atoms with van der Waals surface area (Å²) in [6.07, 6.45) is -13.4. The quantitative estimate of drug-likeness (QED) is 0.0387. The van der Waals surface area contributed by atoms with Gasteiger partial charge in [-0.1, -0.05) is 55.2 Å². The number of hydrogen-bond acceptors (Lipinski definition) is 30. The maximum atomic E-state index is 16.8. The first-order valence-corrected chi connectivity index (χ1v) is 46.5. The third-order valence-electron chi connectivity index (χ3n) is 25.6. The molecule has 133 heavy (non-hydrogen) atoms. The summed E-state index contributed by atoms with van der Waals surface area (Å²) in [5.74, 6) is -14.1. The number of urea groups is 1. The lowest BCUT2D eigenvalue weighted by atomic mass is 9.54. The molecule has 7 heterocycles. The molecule has 17 rings (SSSR count). The molecular formula is C90H111Cl2N13O27S. The number of amides is 10. The molecule has 4 aliphatic carbocycles. The van der Waals surface area contributed by atoms with Gasteiger partial charge in [0.15, 0.2) is 23.9 Å². The van der Waals surface area contributed by atoms with Crippen LogP contribution in [0.4, 0.5) is 10.5 Å². The summed E-state index contributed by atoms with van der Waals surface area (Å²) in [7, 11) is -0.680. The largest absolute Gasteiger partial charge is 0.507 e. The van der Waals surface area contributed by atoms with Gasteiger partial charge in [0.1, 0.15) is 101 Å². The van der Waals surface area contributed by atoms with Gasteiger partial charge in [0.05, 0.1) is 60.3 Å². The standard InChI is InChI=1S/C90H111Cl2N13O27S/c1-38(2)22-55(94-5)81(116)104-71-73(110)43-11-18-59(53(91)29-43)128-61-31-47-32-62(78(61)132-88-79(77(114)76(113)63(37-106)130-88)131-65-35-90(4,93)80(115)39(3)127-65)129-60-19-12-44(30-54(60)92)74(111)72-87(122)103-70(85(120)100-67-45-24-40-23-41(26-45)27-46(67)25-40)51-33-58(108)52(36-95-20-8-9-21-96-133(7,124)125)75(112)66(51)50-28-42(10-17-57(50)107)68(83(118)105-72)102-84(119)69(47)101-82(117)56(98-86(71)121)34-64(109)99-89(123)97-48-13-15-49(126-6)16-14-48/h10-19,28-33,38-41,45-46,55-56,63,65,67-74,76-77,79-80,88,94-96,106-108,110-115H,8-9,20-27,34-37,93H2,1-7H3,(H,98,121)(H,100,120)(H,101,117)(H,102,119)(H,103,122)(H,104,116)(H,105,118)(H2,97,99,109,123)/t39-,40?,41?,45?,46?,55+,56-,63+,65-,67?,68+,69+,70-,71+,72-,73+,74+,76+,77-,79+,80+,88-,90-/m0/s1. The molecule has 6 fully saturated rings. The van der Waals surface area contributed by atoms with Gasteiger partial charge in [-0.25, -0.2) is 17.9 Å². The number of carbonyl (C=O) groups is 9. The monoisotopic (exact) mass is 1910 g/mol. The van der Waals surface area contributed by atoms with Crippen molar-refractivity contribution in [2.75, 3.05) is 45.4 Å². The summed E-state index contributed by atoms with van der Waals surface area (Å²) < 4.78 is 70.6. The van der Waals surface area contributed by atoms with Crippen LogP contribution in [-0.2, 0) is 69.1 Å². The first-order chi connectivity index (χ1) is 63.1. The summed E-state index contributed by atoms with van der Waals surface area (Å²) in [5, 5.41) is 138. The number of likely N-dealkylation sites (N-methyl/N-ethyl adjacent to an activating group) is 1. The fourth-order valence-corrected chi connectivity index (χ4v) is 20.0. The second-order valence-corrected chi connectivity index (χ2v) is 38.6. The number of aliphatic hydroxyl groups is 6. The molecule has 15 bridgehead atoms. The summed E-state index contributed by atoms with van der Waals surface area (Å²) in [5.41, 5.74) is 2.50. The van der Waals surface area contributed by atoms with Gasteiger partial charge in [0, 0.05) is 47.9 Å². The summed E-state index contributed by atoms with van der Waals surface area (Å²) >= 11 is 14.6. The van der Waals surface area contributed by atoms with E-state index < -0.39 is 259 Å². The Balaban J connectivity index is 0.971. The molecule has 40 nitrogen and oxygen atoms in total. The van der Waals surface area contributed by atoms with E-state index in [4.69, 9.17) is 62.1 Å². The van der Waals surface area contributed by atoms with Crippen LogP contribution in [0.15, 0.2) is 97.1 Å². The van der Waals surface area contributed by atoms with Gasteiger partial charge in [-0.3, -0.25) is 43.7 Å². The smallest absolute Gasteiger partial charge is 0.325 e. The number of aliphatic hydroxyl groups excluding tert-OH is 6. The first kappa shape index (κ1) is 98.2. The fraction of sp³-hybridized carbons (Fsp3) is 0.500. The molecule has 0 spiro atoms. The van der Waals surface area contributed by atoms with Crippen molar-refractivity contribution < 1.29 is 131 Å². The lowest BCUT2D eigenvalue weighted by Crippen LogP contribution is -2.64. The number of fused-ring (bicyclic) bond motifs is 15. The van der Waals surface area contributed by atoms with Crippen LogP contribution in [0.3, 0.4) is 0 Å². The number of ether oxygens (including phenoxy) is 7. The summed E-state index contributed by atoms with van der Waals surface area (Å²) in [6, 6.07) is 3.02. The molecule has 10 amide bonds. The molecule has 0 unspecified atom stereocenters. The predicted molar refractivity (Wildman–Crippen MR) is 475 cm³/mol. The second-order valence-electron chi connectivity index (χ2n) is 35.9. The molecule has 18 atom stereocenters. The van der Waals surface area contributed by atoms with E-state index in [9.17, 15) is 68.8 Å². The molecule has 11 aliphatic rings. The Bertz CT molecular complexity index is 5500. The minimum atomic E-state index is -3.55. The fourth-order valence-electron chi connectivity index (χ4n) is 19.0. The molecule has 718 valence electrons. The molecule has 0 aromatic heterocycles. The minimum Gasteiger partial charge on any atom is -0.507 e. The first-order valence-electron chi connectivity index (χ1n) is 43.8. The van der Waals surface area contributed by atoms with Crippen molar-refractivity contribution in [3.05, 3.63) is 140 Å². The highest BCUT2D eigenvalue weighted by Gasteiger charge is 2.54. The Kier molecular flexibility index (Phi) is 30.4. The van der Waals surface area contributed by atoms with Crippen molar-refractivity contribution in [3.63, 3.8) is 0 Å². The highest BCUT2D eigenvalue weighted by Crippen LogP contribution is 2.55. The summed E-state index contributed by atoms with van der Waals surface area (Å²) in [6.45, 7) is 5.50. The van der Waals surface area contributed by atoms with E-state index in [0.29, 0.717) is 30.4 Å². The van der Waals surface area contributed by atoms with Gasteiger partial charge in [0.25, 0.3) is 0 Å². The highest BCUT2D eigenvalue weighted by molar-refractivity contribution is 7.88. The van der Waals surface area contributed by atoms with Gasteiger partial charge in [-0.2, -0.15) is 0 Å². The zero-order valence-corrected chi connectivity index (χ0v) is 75.9. The number of anilines is 1. The topological polar surface area (TPSA) is 605 Å². The molecule has 2 saturated heterocycles. The number of benzene rings is 6. The average Bonchev–Trinajstić information content (AvgIpc) is 0.754. The van der Waals surface area contributed by atoms with Crippen molar-refractivity contribution >= 4 is 92.2 Å². The lowest BCUT2D eigenvalue weighted by Gasteiger charge is -2.54. The highest BCUT2D eigenvalue weighted by atomic mass is 35.5. The van der Waals surface area contributed by atoms with Crippen LogP contribution in [0.5, 0.6) is 51.7 Å². The molecule has 6 aromatic rings. The van der Waals surface area contributed by atoms with E-state index in [0.717, 1.165) is 93.0 Å². The zero-order valence-electron chi connectivity index (χ0n) is 73.5. The van der Waals surface area contributed by atoms with Gasteiger partial charge in [-0.15, -0.1) is 0 Å². The normalized spacial score (nSPS) is 29.3. The van der Waals surface area contributed by atoms with Crippen molar-refractivity contribution in [2.24, 2.45) is 35.3 Å². The van der Waals surface area contributed by atoms with E-state index in [1.807, 2.05) is 13.8 Å². The van der Waals surface area contributed by atoms with E-state index in [2.05, 4.69) is 63.2 Å². The number of aromatic hydroxyl groups is 3. The van der Waals surface area contributed by atoms with E-state index in [-0.39, 0.29) is 89.5 Å². The van der Waals surface area contributed by atoms with Crippen molar-refractivity contribution in [1.82, 2.24) is 57.9 Å². The van der Waals surface area contributed by atoms with Crippen molar-refractivity contribution in [2.45, 2.75) is 214 Å². The SMILES string of the molecule is CN[C@H](CC(C)C)C(=O)N[C@H]1C(=O)N[C@@H](CC(=O)NC(=O)Nc2ccc(OC)cc2)C(=O)N[C@H]2C(=O)N[C@H]3C(=O)N[C@H](C(=O)N[C@H](C(=O)NC4C5CC6CC(C5)CC4C6)c4cc(O)c(CNCCCCNS(C)(=O)=O)c(O)c4-c4cc3ccc4O)[C@H](O)c3ccc(c(Cl)c3)Oc3cc2cc(c3O[C@@H]2O[C@H](CO)[C@@H](O)[C@H](O)[C@H]2O[C@H]2C[C@](C)(N)[C@H](O)[C@H](C)O2)Oc2ccc(cc2Cl)[C@H]1O. The Morgan fingerprint density at radius 1 is 0.684 bits per heavy atom. The maximum absolute atomic E-state index is 16.8. The summed E-state index contributed by atoms with van der Waals surface area (Å²) in [4.78, 5) is 140. The number of imide groups is 1.